The third-order valence-corrected chi connectivity index (χ3v) is 2.54. The van der Waals surface area contributed by atoms with Crippen molar-refractivity contribution in [1.29, 1.82) is 5.26 Å². The van der Waals surface area contributed by atoms with Gasteiger partial charge in [0.25, 0.3) is 5.91 Å². The Hall–Kier alpha value is -2.17. The predicted molar refractivity (Wildman–Crippen MR) is 58.0 cm³/mol. The molecule has 1 unspecified atom stereocenters. The van der Waals surface area contributed by atoms with Crippen LogP contribution in [0.3, 0.4) is 0 Å². The first kappa shape index (κ1) is 15.9. The van der Waals surface area contributed by atoms with Crippen molar-refractivity contribution in [2.24, 2.45) is 5.92 Å². The summed E-state index contributed by atoms with van der Waals surface area (Å²) in [5, 5.41) is 8.56. The van der Waals surface area contributed by atoms with Crippen LogP contribution in [0.25, 0.3) is 0 Å². The molecule has 0 saturated carbocycles. The molecular formula is C12H9F5N2O. The van der Waals surface area contributed by atoms with E-state index in [1.54, 1.807) is 6.07 Å². The van der Waals surface area contributed by atoms with E-state index in [1.807, 2.05) is 0 Å². The monoisotopic (exact) mass is 292 g/mol. The Labute approximate surface area is 111 Å². The van der Waals surface area contributed by atoms with Crippen molar-refractivity contribution in [3.8, 4) is 6.07 Å². The van der Waals surface area contributed by atoms with Crippen LogP contribution in [0.15, 0.2) is 0 Å². The van der Waals surface area contributed by atoms with Crippen molar-refractivity contribution in [1.82, 2.24) is 4.90 Å². The maximum atomic E-state index is 13.4. The number of nitriles is 1. The van der Waals surface area contributed by atoms with Gasteiger partial charge in [-0.25, -0.2) is 22.0 Å². The molecule has 0 fully saturated rings. The zero-order valence-electron chi connectivity index (χ0n) is 10.5. The van der Waals surface area contributed by atoms with Crippen LogP contribution < -0.4 is 0 Å². The molecule has 0 aliphatic rings. The van der Waals surface area contributed by atoms with E-state index in [0.717, 1.165) is 7.05 Å². The number of rotatable bonds is 3. The lowest BCUT2D eigenvalue weighted by Gasteiger charge is -2.19. The van der Waals surface area contributed by atoms with E-state index < -0.39 is 46.5 Å². The average Bonchev–Trinajstić information content (AvgIpc) is 2.42. The summed E-state index contributed by atoms with van der Waals surface area (Å²) in [4.78, 5) is 12.4. The van der Waals surface area contributed by atoms with Crippen LogP contribution in [0.4, 0.5) is 22.0 Å². The highest BCUT2D eigenvalue weighted by molar-refractivity contribution is 5.94. The van der Waals surface area contributed by atoms with Crippen LogP contribution in [0, 0.1) is 46.3 Å². The molecule has 0 aliphatic heterocycles. The number of hydrogen-bond acceptors (Lipinski definition) is 2. The van der Waals surface area contributed by atoms with E-state index in [2.05, 4.69) is 0 Å². The number of amides is 1. The van der Waals surface area contributed by atoms with E-state index in [4.69, 9.17) is 5.26 Å². The second-order valence-electron chi connectivity index (χ2n) is 4.16. The van der Waals surface area contributed by atoms with Crippen LogP contribution in [0.2, 0.25) is 0 Å². The average molecular weight is 292 g/mol. The summed E-state index contributed by atoms with van der Waals surface area (Å²) in [6.45, 7) is 1.22. The van der Waals surface area contributed by atoms with E-state index >= 15 is 0 Å². The maximum Gasteiger partial charge on any atom is 0.259 e. The molecule has 0 aromatic heterocycles. The summed E-state index contributed by atoms with van der Waals surface area (Å²) in [7, 11) is 1.09. The molecule has 1 aromatic rings. The molecular weight excluding hydrogens is 283 g/mol. The Morgan fingerprint density at radius 2 is 1.50 bits per heavy atom. The van der Waals surface area contributed by atoms with E-state index in [-0.39, 0.29) is 6.54 Å². The van der Waals surface area contributed by atoms with Crippen LogP contribution in [0.1, 0.15) is 17.3 Å². The number of halogens is 5. The zero-order valence-corrected chi connectivity index (χ0v) is 10.5. The molecule has 0 N–H and O–H groups in total. The van der Waals surface area contributed by atoms with Gasteiger partial charge >= 0.3 is 0 Å². The molecule has 0 bridgehead atoms. The van der Waals surface area contributed by atoms with Crippen molar-refractivity contribution >= 4 is 5.91 Å². The highest BCUT2D eigenvalue weighted by Gasteiger charge is 2.31. The summed E-state index contributed by atoms with van der Waals surface area (Å²) in [6, 6.07) is 1.77. The fourth-order valence-corrected chi connectivity index (χ4v) is 1.52. The maximum absolute atomic E-state index is 13.4. The van der Waals surface area contributed by atoms with Crippen molar-refractivity contribution < 1.29 is 26.7 Å². The van der Waals surface area contributed by atoms with Crippen molar-refractivity contribution in [2.75, 3.05) is 13.6 Å². The van der Waals surface area contributed by atoms with Gasteiger partial charge in [0.1, 0.15) is 5.56 Å². The quantitative estimate of drug-likeness (QED) is 0.488. The Morgan fingerprint density at radius 3 is 1.90 bits per heavy atom. The van der Waals surface area contributed by atoms with Gasteiger partial charge in [0.2, 0.25) is 5.82 Å². The minimum atomic E-state index is -2.33. The first-order valence-electron chi connectivity index (χ1n) is 5.38. The number of carbonyl (C=O) groups is 1. The van der Waals surface area contributed by atoms with Crippen LogP contribution in [-0.4, -0.2) is 24.4 Å². The molecule has 1 rings (SSSR count). The van der Waals surface area contributed by atoms with Gasteiger partial charge in [0.15, 0.2) is 23.3 Å². The smallest absolute Gasteiger partial charge is 0.259 e. The summed E-state index contributed by atoms with van der Waals surface area (Å²) in [5.74, 6) is -13.1. The minimum Gasteiger partial charge on any atom is -0.340 e. The first-order chi connectivity index (χ1) is 9.22. The fourth-order valence-electron chi connectivity index (χ4n) is 1.52. The number of nitrogens with zero attached hydrogens (tertiary/aromatic N) is 2. The molecule has 1 aromatic carbocycles. The van der Waals surface area contributed by atoms with Gasteiger partial charge in [-0.3, -0.25) is 4.79 Å². The molecule has 1 amide bonds. The second kappa shape index (κ2) is 5.86. The van der Waals surface area contributed by atoms with Gasteiger partial charge in [-0.1, -0.05) is 0 Å². The van der Waals surface area contributed by atoms with Crippen LogP contribution in [0.5, 0.6) is 0 Å². The number of carbonyl (C=O) groups excluding carboxylic acids is 1. The fraction of sp³-hybridized carbons (Fsp3) is 0.333. The Kier molecular flexibility index (Phi) is 4.65. The SMILES string of the molecule is CC(C#N)CN(C)C(=O)c1c(F)c(F)c(F)c(F)c1F. The van der Waals surface area contributed by atoms with Crippen LogP contribution in [-0.2, 0) is 0 Å². The molecule has 8 heteroatoms. The number of hydrogen-bond donors (Lipinski definition) is 0. The summed E-state index contributed by atoms with van der Waals surface area (Å²) in [5.41, 5.74) is -1.53. The Morgan fingerprint density at radius 1 is 1.10 bits per heavy atom. The third-order valence-electron chi connectivity index (χ3n) is 2.54. The molecule has 0 aliphatic carbocycles. The minimum absolute atomic E-state index is 0.213. The normalized spacial score (nSPS) is 11.9. The molecule has 0 saturated heterocycles. The van der Waals surface area contributed by atoms with E-state index in [9.17, 15) is 26.7 Å². The lowest BCUT2D eigenvalue weighted by Crippen LogP contribution is -2.32. The molecule has 108 valence electrons. The van der Waals surface area contributed by atoms with Crippen LogP contribution >= 0.6 is 0 Å². The van der Waals surface area contributed by atoms with Gasteiger partial charge in [-0.2, -0.15) is 5.26 Å². The largest absolute Gasteiger partial charge is 0.340 e. The molecule has 3 nitrogen and oxygen atoms in total. The van der Waals surface area contributed by atoms with Crippen molar-refractivity contribution in [3.63, 3.8) is 0 Å². The van der Waals surface area contributed by atoms with Crippen molar-refractivity contribution in [2.45, 2.75) is 6.92 Å². The van der Waals surface area contributed by atoms with Gasteiger partial charge in [-0.15, -0.1) is 0 Å². The highest BCUT2D eigenvalue weighted by atomic mass is 19.2. The van der Waals surface area contributed by atoms with Crippen molar-refractivity contribution in [3.05, 3.63) is 34.6 Å². The lowest BCUT2D eigenvalue weighted by atomic mass is 10.1. The third kappa shape index (κ3) is 2.71. The zero-order chi connectivity index (χ0) is 15.6. The standard InChI is InChI=1S/C12H9F5N2O/c1-5(3-18)4-19(2)12(20)6-7(13)9(15)11(17)10(16)8(6)14/h5H,4H2,1-2H3. The molecule has 0 spiro atoms. The molecule has 1 atom stereocenters. The second-order valence-corrected chi connectivity index (χ2v) is 4.16. The van der Waals surface area contributed by atoms with Gasteiger partial charge in [-0.05, 0) is 6.92 Å². The molecule has 0 radical (unpaired) electrons. The molecule has 0 heterocycles. The lowest BCUT2D eigenvalue weighted by molar-refractivity contribution is 0.0772. The highest BCUT2D eigenvalue weighted by Crippen LogP contribution is 2.24. The summed E-state index contributed by atoms with van der Waals surface area (Å²) in [6.07, 6.45) is 0. The Bertz CT molecular complexity index is 567. The predicted octanol–water partition coefficient (Wildman–Crippen LogP) is 2.61. The van der Waals surface area contributed by atoms with E-state index in [0.29, 0.717) is 4.90 Å². The first-order valence-corrected chi connectivity index (χ1v) is 5.38. The summed E-state index contributed by atoms with van der Waals surface area (Å²) >= 11 is 0. The number of benzene rings is 1. The Balaban J connectivity index is 3.28. The van der Waals surface area contributed by atoms with Gasteiger partial charge in [0, 0.05) is 13.6 Å². The topological polar surface area (TPSA) is 44.1 Å². The van der Waals surface area contributed by atoms with Gasteiger partial charge in [0.05, 0.1) is 12.0 Å². The van der Waals surface area contributed by atoms with Gasteiger partial charge < -0.3 is 4.90 Å². The van der Waals surface area contributed by atoms with E-state index in [1.165, 1.54) is 6.92 Å². The summed E-state index contributed by atoms with van der Waals surface area (Å²) < 4.78 is 65.6. The molecule has 20 heavy (non-hydrogen) atoms.